The van der Waals surface area contributed by atoms with Crippen molar-refractivity contribution >= 4 is 88.6 Å². The molecule has 0 aliphatic carbocycles. The molecule has 0 unspecified atom stereocenters. The van der Waals surface area contributed by atoms with Crippen LogP contribution < -0.4 is 43.0 Å². The number of carboxylic acids is 3. The van der Waals surface area contributed by atoms with Gasteiger partial charge in [0, 0.05) is 14.2 Å². The van der Waals surface area contributed by atoms with E-state index in [0.717, 1.165) is 23.5 Å². The number of β-lactam (4-membered cyclic amide) rings is 1. The van der Waals surface area contributed by atoms with Crippen LogP contribution in [0.15, 0.2) is 91.0 Å². The van der Waals surface area contributed by atoms with Crippen molar-refractivity contribution in [3.63, 3.8) is 0 Å². The van der Waals surface area contributed by atoms with E-state index in [0.29, 0.717) is 5.56 Å². The molecule has 384 valence electrons. The second kappa shape index (κ2) is 21.1. The molecule has 6 amide bonds. The first-order chi connectivity index (χ1) is 33.8. The molecule has 0 spiro atoms. The molecule has 24 heteroatoms. The number of nitrogens with one attached hydrogen (secondary N) is 7. The van der Waals surface area contributed by atoms with Gasteiger partial charge in [0.25, 0.3) is 0 Å². The summed E-state index contributed by atoms with van der Waals surface area (Å²) in [6.45, 7) is 9.95. The van der Waals surface area contributed by atoms with Crippen LogP contribution in [0.4, 0.5) is 0 Å². The number of fused-ring (bicyclic) bond motifs is 1. The van der Waals surface area contributed by atoms with Gasteiger partial charge in [-0.1, -0.05) is 91.0 Å². The molecule has 12 atom stereocenters. The Labute approximate surface area is 427 Å². The van der Waals surface area contributed by atoms with Gasteiger partial charge in [-0.25, -0.2) is 4.79 Å². The Hall–Kier alpha value is -6.18. The lowest BCUT2D eigenvalue weighted by Gasteiger charge is -2.44. The lowest BCUT2D eigenvalue weighted by Crippen LogP contribution is -2.71. The standard InChI is InChI=1S/C48H57N9O12S3/c1-46(2)31(43(64)65)55-39(70-46)28(52-34(58)25(49)22-16-10-7-11-17-22)37(61)50-26(23-18-12-8-13-19-23)35(59)53-29(40-56-32(44(66)67)47(3,4)71-40)38(62)51-27(24-20-14-9-15-21-24)36(60)54-30-41(63)57-33(45(68)69)48(5,6)72-42(30)57/h7-21,25-33,39-40,42,55-56H,49H2,1-6H3,(H,50,61)(H,51,62)(H,52,58)(H,53,59)(H,54,60)(H,64,65)(H,66,67)(H,68,69)/t25-,26-,27-,28-,29-,30-,31+,32+,33+,39-,40-,42-/m1/s1. The van der Waals surface area contributed by atoms with Crippen molar-refractivity contribution in [3.8, 4) is 0 Å². The lowest BCUT2D eigenvalue weighted by atomic mass is 9.95. The fraction of sp³-hybridized carbons (Fsp3) is 0.438. The molecular weight excluding hydrogens is 991 g/mol. The van der Waals surface area contributed by atoms with E-state index in [2.05, 4.69) is 37.2 Å². The number of nitrogens with zero attached hydrogens (tertiary/aromatic N) is 1. The molecule has 4 fully saturated rings. The second-order valence-corrected chi connectivity index (χ2v) is 24.7. The SMILES string of the molecule is CC1(C)S[C@@H]2[C@H](NC(=O)[C@H](NC(=O)[C@@H](NC(=O)[C@H](NC(=O)[C@@H](NC(=O)[C@H](N)c3ccccc3)[C@@H]3N[C@@H](C(=O)O)C(C)(C)S3)c3ccccc3)[C@@H]3N[C@@H](C(=O)O)C(C)(C)S3)c3ccccc3)C(=O)N2[C@H]1C(=O)O. The first kappa shape index (κ1) is 53.6. The highest BCUT2D eigenvalue weighted by molar-refractivity contribution is 8.02. The van der Waals surface area contributed by atoms with Gasteiger partial charge in [-0.15, -0.1) is 35.3 Å². The van der Waals surface area contributed by atoms with Gasteiger partial charge in [-0.3, -0.25) is 49.0 Å². The Morgan fingerprint density at radius 3 is 1.35 bits per heavy atom. The van der Waals surface area contributed by atoms with Crippen LogP contribution in [-0.2, 0) is 43.2 Å². The quantitative estimate of drug-likeness (QED) is 0.0785. The fourth-order valence-electron chi connectivity index (χ4n) is 9.24. The van der Waals surface area contributed by atoms with Crippen LogP contribution in [0.25, 0.3) is 0 Å². The number of aliphatic carboxylic acids is 3. The minimum absolute atomic E-state index is 0.207. The van der Waals surface area contributed by atoms with Crippen molar-refractivity contribution in [2.45, 2.75) is 126 Å². The largest absolute Gasteiger partial charge is 0.480 e. The summed E-state index contributed by atoms with van der Waals surface area (Å²) in [6.07, 6.45) is 0. The summed E-state index contributed by atoms with van der Waals surface area (Å²) in [6, 6.07) is 11.9. The molecule has 4 heterocycles. The zero-order valence-corrected chi connectivity index (χ0v) is 42.3. The molecule has 4 aliphatic heterocycles. The van der Waals surface area contributed by atoms with Gasteiger partial charge in [0.2, 0.25) is 35.4 Å². The maximum atomic E-state index is 15.0. The summed E-state index contributed by atoms with van der Waals surface area (Å²) < 4.78 is -2.96. The minimum atomic E-state index is -1.68. The Balaban J connectivity index is 1.19. The van der Waals surface area contributed by atoms with Gasteiger partial charge in [0.15, 0.2) is 0 Å². The van der Waals surface area contributed by atoms with Gasteiger partial charge >= 0.3 is 17.9 Å². The van der Waals surface area contributed by atoms with Crippen molar-refractivity contribution in [1.82, 2.24) is 42.1 Å². The third-order valence-corrected chi connectivity index (χ3v) is 17.5. The number of carbonyl (C=O) groups excluding carboxylic acids is 6. The van der Waals surface area contributed by atoms with Crippen LogP contribution in [0.3, 0.4) is 0 Å². The smallest absolute Gasteiger partial charge is 0.327 e. The van der Waals surface area contributed by atoms with Crippen LogP contribution in [0.2, 0.25) is 0 Å². The normalized spacial score (nSPS) is 26.5. The monoisotopic (exact) mass is 1050 g/mol. The van der Waals surface area contributed by atoms with E-state index >= 15 is 0 Å². The topological polar surface area (TPSA) is 328 Å². The number of hydrogen-bond donors (Lipinski definition) is 11. The number of carboxylic acid groups (broad SMARTS) is 3. The molecule has 0 aromatic heterocycles. The Bertz CT molecular complexity index is 2610. The first-order valence-electron chi connectivity index (χ1n) is 22.8. The van der Waals surface area contributed by atoms with E-state index in [1.54, 1.807) is 120 Å². The first-order valence-corrected chi connectivity index (χ1v) is 25.4. The van der Waals surface area contributed by atoms with Crippen molar-refractivity contribution in [3.05, 3.63) is 108 Å². The number of thioether (sulfide) groups is 3. The van der Waals surface area contributed by atoms with E-state index in [1.165, 1.54) is 28.8 Å². The number of nitrogens with two attached hydrogens (primary N) is 1. The van der Waals surface area contributed by atoms with Gasteiger partial charge in [0.1, 0.15) is 59.8 Å². The highest BCUT2D eigenvalue weighted by Crippen LogP contribution is 2.51. The van der Waals surface area contributed by atoms with E-state index in [-0.39, 0.29) is 11.1 Å². The van der Waals surface area contributed by atoms with Crippen molar-refractivity contribution in [2.75, 3.05) is 0 Å². The molecule has 12 N–H and O–H groups in total. The van der Waals surface area contributed by atoms with Gasteiger partial charge in [-0.05, 0) is 58.2 Å². The summed E-state index contributed by atoms with van der Waals surface area (Å²) in [4.78, 5) is 125. The molecule has 0 radical (unpaired) electrons. The number of rotatable bonds is 18. The zero-order valence-electron chi connectivity index (χ0n) is 39.9. The van der Waals surface area contributed by atoms with E-state index in [4.69, 9.17) is 5.73 Å². The van der Waals surface area contributed by atoms with E-state index in [9.17, 15) is 58.5 Å². The Morgan fingerprint density at radius 1 is 0.542 bits per heavy atom. The molecule has 3 aromatic rings. The van der Waals surface area contributed by atoms with Gasteiger partial charge < -0.3 is 52.5 Å². The fourth-order valence-corrected chi connectivity index (χ4v) is 13.8. The second-order valence-electron chi connectivity index (χ2n) is 19.3. The highest BCUT2D eigenvalue weighted by Gasteiger charge is 2.64. The molecule has 7 rings (SSSR count). The molecule has 72 heavy (non-hydrogen) atoms. The number of benzene rings is 3. The van der Waals surface area contributed by atoms with Crippen LogP contribution in [0.1, 0.15) is 76.4 Å². The lowest BCUT2D eigenvalue weighted by molar-refractivity contribution is -0.161. The molecular formula is C48H57N9O12S3. The van der Waals surface area contributed by atoms with E-state index < -0.39 is 138 Å². The zero-order chi connectivity index (χ0) is 52.6. The summed E-state index contributed by atoms with van der Waals surface area (Å²) in [5.41, 5.74) is 7.23. The molecule has 0 saturated carbocycles. The highest BCUT2D eigenvalue weighted by atomic mass is 32.2. The van der Waals surface area contributed by atoms with Crippen molar-refractivity contribution < 1.29 is 58.5 Å². The third-order valence-electron chi connectivity index (χ3n) is 13.0. The number of hydrogen-bond acceptors (Lipinski definition) is 15. The van der Waals surface area contributed by atoms with E-state index in [1.807, 2.05) is 0 Å². The summed E-state index contributed by atoms with van der Waals surface area (Å²) in [7, 11) is 0. The Kier molecular flexibility index (Phi) is 15.7. The minimum Gasteiger partial charge on any atom is -0.480 e. The average molecular weight is 1050 g/mol. The maximum Gasteiger partial charge on any atom is 0.327 e. The summed E-state index contributed by atoms with van der Waals surface area (Å²) in [5, 5.41) is 46.6. The average Bonchev–Trinajstić information content (AvgIpc) is 3.94. The van der Waals surface area contributed by atoms with Crippen LogP contribution >= 0.6 is 35.3 Å². The Morgan fingerprint density at radius 2 is 0.944 bits per heavy atom. The van der Waals surface area contributed by atoms with Crippen LogP contribution in [0, 0.1) is 0 Å². The predicted octanol–water partition coefficient (Wildman–Crippen LogP) is 0.791. The summed E-state index contributed by atoms with van der Waals surface area (Å²) >= 11 is 3.31. The van der Waals surface area contributed by atoms with Crippen molar-refractivity contribution in [2.24, 2.45) is 5.73 Å². The van der Waals surface area contributed by atoms with Crippen LogP contribution in [-0.4, -0.2) is 140 Å². The molecule has 3 aromatic carbocycles. The third kappa shape index (κ3) is 11.1. The molecule has 4 aliphatic rings. The predicted molar refractivity (Wildman–Crippen MR) is 268 cm³/mol. The maximum absolute atomic E-state index is 15.0. The van der Waals surface area contributed by atoms with Crippen LogP contribution in [0.5, 0.6) is 0 Å². The summed E-state index contributed by atoms with van der Waals surface area (Å²) in [5.74, 6) is -8.81. The van der Waals surface area contributed by atoms with Crippen molar-refractivity contribution in [1.29, 1.82) is 0 Å². The van der Waals surface area contributed by atoms with Gasteiger partial charge in [0.05, 0.1) is 10.7 Å². The molecule has 0 bridgehead atoms. The molecule has 4 saturated heterocycles. The number of carbonyl (C=O) groups is 9. The molecule has 21 nitrogen and oxygen atoms in total. The van der Waals surface area contributed by atoms with Gasteiger partial charge in [-0.2, -0.15) is 0 Å². The number of amides is 6.